The highest BCUT2D eigenvalue weighted by molar-refractivity contribution is 14.0. The molecule has 0 aliphatic carbocycles. The molecule has 0 aromatic heterocycles. The highest BCUT2D eigenvalue weighted by atomic mass is 127. The average molecular weight is 421 g/mol. The molecule has 0 fully saturated rings. The van der Waals surface area contributed by atoms with Gasteiger partial charge in [0.15, 0.2) is 5.96 Å². The second-order valence-electron chi connectivity index (χ2n) is 5.32. The first-order valence-corrected chi connectivity index (χ1v) is 8.41. The maximum absolute atomic E-state index is 4.66. The first kappa shape index (κ1) is 20.6. The van der Waals surface area contributed by atoms with Gasteiger partial charge in [-0.25, -0.2) is 0 Å². The molecule has 120 valence electrons. The van der Waals surface area contributed by atoms with Gasteiger partial charge in [-0.15, -0.1) is 24.0 Å². The lowest BCUT2D eigenvalue weighted by Crippen LogP contribution is -2.39. The number of guanidine groups is 1. The standard InChI is InChI=1S/C16H27N3S.HI/c1-5-17-15(19-13-16(2,3)20-4)18-12-11-14-9-7-6-8-10-14;/h6-10H,5,11-13H2,1-4H3,(H2,17,18,19);1H. The van der Waals surface area contributed by atoms with E-state index in [4.69, 9.17) is 0 Å². The first-order chi connectivity index (χ1) is 9.57. The number of rotatable bonds is 7. The van der Waals surface area contributed by atoms with Crippen molar-refractivity contribution < 1.29 is 0 Å². The molecule has 0 radical (unpaired) electrons. The van der Waals surface area contributed by atoms with Gasteiger partial charge in [0.2, 0.25) is 0 Å². The van der Waals surface area contributed by atoms with Gasteiger partial charge in [-0.05, 0) is 39.0 Å². The maximum atomic E-state index is 4.66. The molecule has 1 aromatic rings. The average Bonchev–Trinajstić information content (AvgIpc) is 2.46. The molecule has 3 nitrogen and oxygen atoms in total. The lowest BCUT2D eigenvalue weighted by atomic mass is 10.1. The molecule has 5 heteroatoms. The Morgan fingerprint density at radius 1 is 1.19 bits per heavy atom. The summed E-state index contributed by atoms with van der Waals surface area (Å²) in [5, 5.41) is 6.69. The third kappa shape index (κ3) is 9.24. The monoisotopic (exact) mass is 421 g/mol. The van der Waals surface area contributed by atoms with Gasteiger partial charge in [-0.2, -0.15) is 11.8 Å². The van der Waals surface area contributed by atoms with Crippen LogP contribution < -0.4 is 10.6 Å². The molecule has 0 saturated heterocycles. The van der Waals surface area contributed by atoms with Crippen molar-refractivity contribution in [1.29, 1.82) is 0 Å². The van der Waals surface area contributed by atoms with Crippen LogP contribution in [0.15, 0.2) is 35.3 Å². The molecule has 0 unspecified atom stereocenters. The van der Waals surface area contributed by atoms with E-state index < -0.39 is 0 Å². The molecule has 21 heavy (non-hydrogen) atoms. The quantitative estimate of drug-likeness (QED) is 0.402. The predicted molar refractivity (Wildman–Crippen MR) is 107 cm³/mol. The van der Waals surface area contributed by atoms with Crippen molar-refractivity contribution in [2.24, 2.45) is 4.99 Å². The van der Waals surface area contributed by atoms with E-state index in [1.807, 2.05) is 17.8 Å². The minimum Gasteiger partial charge on any atom is -0.357 e. The Hall–Kier alpha value is -0.430. The Kier molecular flexibility index (Phi) is 11.0. The van der Waals surface area contributed by atoms with Crippen LogP contribution in [0.4, 0.5) is 0 Å². The van der Waals surface area contributed by atoms with Crippen molar-refractivity contribution in [2.45, 2.75) is 31.9 Å². The molecule has 0 saturated carbocycles. The Bertz CT molecular complexity index is 407. The number of aliphatic imine (C=N–C) groups is 1. The summed E-state index contributed by atoms with van der Waals surface area (Å²) in [6.07, 6.45) is 3.14. The summed E-state index contributed by atoms with van der Waals surface area (Å²) >= 11 is 1.85. The summed E-state index contributed by atoms with van der Waals surface area (Å²) in [6, 6.07) is 10.5. The van der Waals surface area contributed by atoms with Gasteiger partial charge >= 0.3 is 0 Å². The van der Waals surface area contributed by atoms with E-state index in [1.165, 1.54) is 5.56 Å². The molecule has 2 N–H and O–H groups in total. The van der Waals surface area contributed by atoms with E-state index in [1.54, 1.807) is 0 Å². The summed E-state index contributed by atoms with van der Waals surface area (Å²) in [7, 11) is 0. The molecule has 0 atom stereocenters. The Labute approximate surface area is 150 Å². The Morgan fingerprint density at radius 3 is 2.43 bits per heavy atom. The van der Waals surface area contributed by atoms with Crippen LogP contribution >= 0.6 is 35.7 Å². The van der Waals surface area contributed by atoms with Crippen molar-refractivity contribution in [1.82, 2.24) is 10.6 Å². The van der Waals surface area contributed by atoms with Crippen LogP contribution in [-0.4, -0.2) is 36.6 Å². The largest absolute Gasteiger partial charge is 0.357 e. The van der Waals surface area contributed by atoms with Crippen LogP contribution in [0.5, 0.6) is 0 Å². The molecule has 0 spiro atoms. The number of thioether (sulfide) groups is 1. The molecular formula is C16H28IN3S. The van der Waals surface area contributed by atoms with Crippen LogP contribution in [0.25, 0.3) is 0 Å². The fraction of sp³-hybridized carbons (Fsp3) is 0.562. The van der Waals surface area contributed by atoms with Crippen LogP contribution in [0.3, 0.4) is 0 Å². The highest BCUT2D eigenvalue weighted by Crippen LogP contribution is 2.20. The van der Waals surface area contributed by atoms with E-state index in [9.17, 15) is 0 Å². The van der Waals surface area contributed by atoms with E-state index in [0.29, 0.717) is 0 Å². The van der Waals surface area contributed by atoms with Crippen molar-refractivity contribution in [3.8, 4) is 0 Å². The molecule has 0 bridgehead atoms. The number of hydrogen-bond donors (Lipinski definition) is 2. The molecule has 0 aliphatic rings. The molecule has 1 rings (SSSR count). The lowest BCUT2D eigenvalue weighted by molar-refractivity contribution is 0.710. The van der Waals surface area contributed by atoms with Gasteiger partial charge in [0.05, 0.1) is 6.54 Å². The fourth-order valence-electron chi connectivity index (χ4n) is 1.65. The van der Waals surface area contributed by atoms with Crippen molar-refractivity contribution >= 4 is 41.7 Å². The van der Waals surface area contributed by atoms with Crippen molar-refractivity contribution in [2.75, 3.05) is 25.9 Å². The summed E-state index contributed by atoms with van der Waals surface area (Å²) in [4.78, 5) is 4.66. The number of halogens is 1. The highest BCUT2D eigenvalue weighted by Gasteiger charge is 2.15. The summed E-state index contributed by atoms with van der Waals surface area (Å²) in [6.45, 7) is 9.12. The summed E-state index contributed by atoms with van der Waals surface area (Å²) < 4.78 is 0.182. The lowest BCUT2D eigenvalue weighted by Gasteiger charge is -2.20. The van der Waals surface area contributed by atoms with E-state index in [2.05, 4.69) is 66.9 Å². The van der Waals surface area contributed by atoms with E-state index in [-0.39, 0.29) is 28.7 Å². The summed E-state index contributed by atoms with van der Waals surface area (Å²) in [5.74, 6) is 0.908. The van der Waals surface area contributed by atoms with Crippen LogP contribution in [0.1, 0.15) is 26.3 Å². The Morgan fingerprint density at radius 2 is 1.86 bits per heavy atom. The van der Waals surface area contributed by atoms with Crippen LogP contribution in [0, 0.1) is 0 Å². The number of nitrogens with zero attached hydrogens (tertiary/aromatic N) is 1. The van der Waals surface area contributed by atoms with Gasteiger partial charge in [0, 0.05) is 17.8 Å². The number of benzene rings is 1. The maximum Gasteiger partial charge on any atom is 0.191 e. The topological polar surface area (TPSA) is 36.4 Å². The van der Waals surface area contributed by atoms with Gasteiger partial charge in [0.25, 0.3) is 0 Å². The third-order valence-corrected chi connectivity index (χ3v) is 4.30. The van der Waals surface area contributed by atoms with Gasteiger partial charge in [0.1, 0.15) is 0 Å². The first-order valence-electron chi connectivity index (χ1n) is 7.18. The van der Waals surface area contributed by atoms with E-state index in [0.717, 1.165) is 32.0 Å². The van der Waals surface area contributed by atoms with Gasteiger partial charge < -0.3 is 10.6 Å². The zero-order valence-electron chi connectivity index (χ0n) is 13.5. The molecule has 1 aromatic carbocycles. The Balaban J connectivity index is 0.00000400. The van der Waals surface area contributed by atoms with Gasteiger partial charge in [-0.3, -0.25) is 4.99 Å². The number of hydrogen-bond acceptors (Lipinski definition) is 2. The fourth-order valence-corrected chi connectivity index (χ4v) is 1.84. The molecule has 0 aliphatic heterocycles. The molecular weight excluding hydrogens is 393 g/mol. The minimum atomic E-state index is 0. The van der Waals surface area contributed by atoms with Crippen LogP contribution in [0.2, 0.25) is 0 Å². The zero-order chi connectivity index (χ0) is 14.8. The zero-order valence-corrected chi connectivity index (χ0v) is 16.6. The van der Waals surface area contributed by atoms with Crippen molar-refractivity contribution in [3.63, 3.8) is 0 Å². The van der Waals surface area contributed by atoms with Crippen molar-refractivity contribution in [3.05, 3.63) is 35.9 Å². The predicted octanol–water partition coefficient (Wildman–Crippen LogP) is 3.54. The minimum absolute atomic E-state index is 0. The third-order valence-electron chi connectivity index (χ3n) is 3.06. The number of nitrogens with one attached hydrogen (secondary N) is 2. The van der Waals surface area contributed by atoms with Crippen LogP contribution in [-0.2, 0) is 6.42 Å². The second-order valence-corrected chi connectivity index (χ2v) is 6.83. The second kappa shape index (κ2) is 11.2. The van der Waals surface area contributed by atoms with E-state index >= 15 is 0 Å². The smallest absolute Gasteiger partial charge is 0.191 e. The molecule has 0 heterocycles. The normalized spacial score (nSPS) is 11.7. The molecule has 0 amide bonds. The SMILES string of the molecule is CCNC(=NCC(C)(C)SC)NCCc1ccccc1.I. The van der Waals surface area contributed by atoms with Gasteiger partial charge in [-0.1, -0.05) is 30.3 Å². The summed E-state index contributed by atoms with van der Waals surface area (Å²) in [5.41, 5.74) is 1.35.